The molecule has 0 aromatic carbocycles. The molecule has 0 bridgehead atoms. The number of anilines is 1. The number of pyridine rings is 1. The first kappa shape index (κ1) is 15.0. The van der Waals surface area contributed by atoms with E-state index in [-0.39, 0.29) is 29.8 Å². The van der Waals surface area contributed by atoms with E-state index in [1.807, 2.05) is 6.92 Å². The summed E-state index contributed by atoms with van der Waals surface area (Å²) in [7, 11) is 1.71. The molecule has 7 heteroatoms. The van der Waals surface area contributed by atoms with Gasteiger partial charge in [-0.3, -0.25) is 4.79 Å². The molecular weight excluding hydrogens is 282 g/mol. The van der Waals surface area contributed by atoms with Crippen LogP contribution in [0.25, 0.3) is 0 Å². The highest BCUT2D eigenvalue weighted by Gasteiger charge is 2.30. The maximum Gasteiger partial charge on any atom is 0.254 e. The second-order valence-electron chi connectivity index (χ2n) is 4.76. The number of rotatable bonds is 3. The number of amides is 1. The van der Waals surface area contributed by atoms with Crippen LogP contribution in [-0.2, 0) is 4.74 Å². The van der Waals surface area contributed by atoms with E-state index in [9.17, 15) is 4.79 Å². The summed E-state index contributed by atoms with van der Waals surface area (Å²) in [6.45, 7) is 2.59. The Balaban J connectivity index is 2.23. The van der Waals surface area contributed by atoms with Crippen LogP contribution in [0.5, 0.6) is 0 Å². The van der Waals surface area contributed by atoms with Gasteiger partial charge in [-0.25, -0.2) is 4.98 Å². The van der Waals surface area contributed by atoms with E-state index >= 15 is 0 Å². The zero-order chi connectivity index (χ0) is 14.7. The molecule has 110 valence electrons. The number of aromatic nitrogens is 1. The molecule has 1 amide bonds. The Bertz CT molecular complexity index is 498. The van der Waals surface area contributed by atoms with Crippen molar-refractivity contribution in [2.45, 2.75) is 19.1 Å². The molecule has 2 N–H and O–H groups in total. The van der Waals surface area contributed by atoms with Crippen molar-refractivity contribution < 1.29 is 14.6 Å². The fourth-order valence-electron chi connectivity index (χ4n) is 2.13. The Morgan fingerprint density at radius 2 is 2.40 bits per heavy atom. The molecule has 6 nitrogen and oxygen atoms in total. The van der Waals surface area contributed by atoms with E-state index in [1.54, 1.807) is 24.1 Å². The molecule has 1 aliphatic heterocycles. The summed E-state index contributed by atoms with van der Waals surface area (Å²) in [5.74, 6) is 0.403. The largest absolute Gasteiger partial charge is 0.394 e. The smallest absolute Gasteiger partial charge is 0.254 e. The Hall–Kier alpha value is -1.37. The highest BCUT2D eigenvalue weighted by molar-refractivity contribution is 6.29. The maximum absolute atomic E-state index is 12.6. The summed E-state index contributed by atoms with van der Waals surface area (Å²) < 4.78 is 5.43. The van der Waals surface area contributed by atoms with Gasteiger partial charge >= 0.3 is 0 Å². The molecule has 2 heterocycles. The second kappa shape index (κ2) is 6.39. The van der Waals surface area contributed by atoms with Crippen LogP contribution >= 0.6 is 11.6 Å². The average molecular weight is 300 g/mol. The number of halogens is 1. The van der Waals surface area contributed by atoms with Crippen molar-refractivity contribution in [3.8, 4) is 0 Å². The van der Waals surface area contributed by atoms with E-state index in [0.29, 0.717) is 24.5 Å². The van der Waals surface area contributed by atoms with E-state index in [4.69, 9.17) is 21.4 Å². The minimum Gasteiger partial charge on any atom is -0.394 e. The van der Waals surface area contributed by atoms with Gasteiger partial charge in [-0.1, -0.05) is 11.6 Å². The number of aliphatic hydroxyl groups is 1. The lowest BCUT2D eigenvalue weighted by Crippen LogP contribution is -2.52. The molecule has 0 spiro atoms. The molecule has 2 unspecified atom stereocenters. The van der Waals surface area contributed by atoms with E-state index < -0.39 is 0 Å². The summed E-state index contributed by atoms with van der Waals surface area (Å²) >= 11 is 5.92. The van der Waals surface area contributed by atoms with Crippen LogP contribution in [0.4, 0.5) is 5.82 Å². The van der Waals surface area contributed by atoms with Gasteiger partial charge < -0.3 is 20.1 Å². The van der Waals surface area contributed by atoms with Crippen molar-refractivity contribution in [2.24, 2.45) is 0 Å². The molecule has 2 atom stereocenters. The number of ether oxygens (including phenoxy) is 1. The van der Waals surface area contributed by atoms with Crippen LogP contribution in [0, 0.1) is 0 Å². The fourth-order valence-corrected chi connectivity index (χ4v) is 2.33. The number of hydrogen-bond donors (Lipinski definition) is 2. The summed E-state index contributed by atoms with van der Waals surface area (Å²) in [4.78, 5) is 18.3. The van der Waals surface area contributed by atoms with Crippen molar-refractivity contribution in [1.29, 1.82) is 0 Å². The van der Waals surface area contributed by atoms with Crippen molar-refractivity contribution >= 4 is 23.3 Å². The van der Waals surface area contributed by atoms with Crippen LogP contribution in [0.2, 0.25) is 5.15 Å². The van der Waals surface area contributed by atoms with Gasteiger partial charge in [-0.2, -0.15) is 0 Å². The lowest BCUT2D eigenvalue weighted by atomic mass is 10.1. The Morgan fingerprint density at radius 1 is 1.65 bits per heavy atom. The Labute approximate surface area is 122 Å². The third kappa shape index (κ3) is 3.20. The highest BCUT2D eigenvalue weighted by Crippen LogP contribution is 2.19. The van der Waals surface area contributed by atoms with Gasteiger partial charge in [0.15, 0.2) is 0 Å². The monoisotopic (exact) mass is 299 g/mol. The standard InChI is InChI=1S/C13H18ClN3O3/c1-8-7-20-10(6-18)5-17(8)13(19)9-3-11(14)16-12(4-9)15-2/h3-4,8,10,18H,5-7H2,1-2H3,(H,15,16). The van der Waals surface area contributed by atoms with Gasteiger partial charge in [0.25, 0.3) is 5.91 Å². The zero-order valence-corrected chi connectivity index (χ0v) is 12.2. The Morgan fingerprint density at radius 3 is 3.05 bits per heavy atom. The molecule has 20 heavy (non-hydrogen) atoms. The van der Waals surface area contributed by atoms with E-state index in [1.165, 1.54) is 0 Å². The topological polar surface area (TPSA) is 74.7 Å². The van der Waals surface area contributed by atoms with Crippen LogP contribution in [0.1, 0.15) is 17.3 Å². The normalized spacial score (nSPS) is 22.7. The summed E-state index contributed by atoms with van der Waals surface area (Å²) in [5, 5.41) is 12.3. The predicted molar refractivity (Wildman–Crippen MR) is 76.1 cm³/mol. The lowest BCUT2D eigenvalue weighted by molar-refractivity contribution is -0.0667. The summed E-state index contributed by atoms with van der Waals surface area (Å²) in [6.07, 6.45) is -0.337. The molecule has 0 aliphatic carbocycles. The fraction of sp³-hybridized carbons (Fsp3) is 0.538. The van der Waals surface area contributed by atoms with Gasteiger partial charge in [0.2, 0.25) is 0 Å². The highest BCUT2D eigenvalue weighted by atomic mass is 35.5. The molecule has 1 aromatic rings. The first-order valence-corrected chi connectivity index (χ1v) is 6.81. The zero-order valence-electron chi connectivity index (χ0n) is 11.5. The summed E-state index contributed by atoms with van der Waals surface area (Å²) in [5.41, 5.74) is 0.472. The summed E-state index contributed by atoms with van der Waals surface area (Å²) in [6, 6.07) is 3.15. The molecule has 2 rings (SSSR count). The molecule has 0 saturated carbocycles. The average Bonchev–Trinajstić information content (AvgIpc) is 2.46. The predicted octanol–water partition coefficient (Wildman–Crippen LogP) is 0.998. The van der Waals surface area contributed by atoms with Crippen LogP contribution < -0.4 is 5.32 Å². The van der Waals surface area contributed by atoms with E-state index in [2.05, 4.69) is 10.3 Å². The number of nitrogens with one attached hydrogen (secondary N) is 1. The van der Waals surface area contributed by atoms with Crippen LogP contribution in [0.15, 0.2) is 12.1 Å². The molecule has 1 saturated heterocycles. The maximum atomic E-state index is 12.6. The number of nitrogens with zero attached hydrogens (tertiary/aromatic N) is 2. The van der Waals surface area contributed by atoms with Crippen molar-refractivity contribution in [3.63, 3.8) is 0 Å². The molecule has 0 radical (unpaired) electrons. The minimum absolute atomic E-state index is 0.0460. The molecule has 1 aromatic heterocycles. The van der Waals surface area contributed by atoms with Gasteiger partial charge in [0, 0.05) is 19.2 Å². The van der Waals surface area contributed by atoms with Gasteiger partial charge in [-0.15, -0.1) is 0 Å². The van der Waals surface area contributed by atoms with Crippen molar-refractivity contribution in [2.75, 3.05) is 32.1 Å². The van der Waals surface area contributed by atoms with E-state index in [0.717, 1.165) is 0 Å². The van der Waals surface area contributed by atoms with Gasteiger partial charge in [0.05, 0.1) is 25.4 Å². The second-order valence-corrected chi connectivity index (χ2v) is 5.15. The lowest BCUT2D eigenvalue weighted by Gasteiger charge is -2.37. The number of hydrogen-bond acceptors (Lipinski definition) is 5. The molecule has 1 fully saturated rings. The SMILES string of the molecule is CNc1cc(C(=O)N2CC(CO)OCC2C)cc(Cl)n1. The third-order valence-electron chi connectivity index (χ3n) is 3.27. The number of morpholine rings is 1. The third-order valence-corrected chi connectivity index (χ3v) is 3.46. The molecule has 1 aliphatic rings. The number of carbonyl (C=O) groups excluding carboxylic acids is 1. The van der Waals surface area contributed by atoms with Crippen molar-refractivity contribution in [3.05, 3.63) is 22.8 Å². The minimum atomic E-state index is -0.337. The first-order valence-electron chi connectivity index (χ1n) is 6.44. The quantitative estimate of drug-likeness (QED) is 0.815. The van der Waals surface area contributed by atoms with Gasteiger partial charge in [0.1, 0.15) is 11.0 Å². The molecular formula is C13H18ClN3O3. The van der Waals surface area contributed by atoms with Crippen molar-refractivity contribution in [1.82, 2.24) is 9.88 Å². The van der Waals surface area contributed by atoms with Crippen LogP contribution in [-0.4, -0.2) is 59.8 Å². The first-order chi connectivity index (χ1) is 9.55. The van der Waals surface area contributed by atoms with Gasteiger partial charge in [-0.05, 0) is 19.1 Å². The Kier molecular flexibility index (Phi) is 4.80. The number of carbonyl (C=O) groups is 1. The number of aliphatic hydroxyl groups excluding tert-OH is 1. The van der Waals surface area contributed by atoms with Crippen LogP contribution in [0.3, 0.4) is 0 Å².